The molecule has 0 saturated carbocycles. The summed E-state index contributed by atoms with van der Waals surface area (Å²) in [7, 11) is -4.67. The van der Waals surface area contributed by atoms with Gasteiger partial charge < -0.3 is 0 Å². The van der Waals surface area contributed by atoms with Gasteiger partial charge in [0.25, 0.3) is 0 Å². The Hall–Kier alpha value is -0.460. The molecule has 0 spiro atoms. The normalized spacial score (nSPS) is 11.4. The molecule has 0 rings (SSSR count). The summed E-state index contributed by atoms with van der Waals surface area (Å²) >= 11 is 0. The van der Waals surface area contributed by atoms with Crippen LogP contribution < -0.4 is 0 Å². The van der Waals surface area contributed by atoms with Crippen LogP contribution in [0.3, 0.4) is 0 Å². The van der Waals surface area contributed by atoms with Crippen LogP contribution in [-0.2, 0) is 15.2 Å². The first-order chi connectivity index (χ1) is 19.8. The molecule has 0 unspecified atom stereocenters. The molecule has 0 saturated heterocycles. The van der Waals surface area contributed by atoms with E-state index >= 15 is 0 Å². The highest BCUT2D eigenvalue weighted by Crippen LogP contribution is 2.16. The maximum atomic E-state index is 12.1. The van der Waals surface area contributed by atoms with Crippen molar-refractivity contribution in [2.24, 2.45) is 0 Å². The van der Waals surface area contributed by atoms with Crippen molar-refractivity contribution >= 4 is 16.2 Å². The van der Waals surface area contributed by atoms with Crippen molar-refractivity contribution in [1.29, 1.82) is 0 Å². The number of rotatable bonds is 32. The molecule has 0 radical (unpaired) electrons. The zero-order valence-electron chi connectivity index (χ0n) is 27.7. The van der Waals surface area contributed by atoms with Crippen LogP contribution in [0, 0.1) is 0 Å². The summed E-state index contributed by atoms with van der Waals surface area (Å²) in [5.74, 6) is 0.527. The van der Waals surface area contributed by atoms with Crippen molar-refractivity contribution < 1.29 is 22.3 Å². The number of hydrogen-bond donors (Lipinski definition) is 2. The average molecular weight is 605 g/mol. The molecule has 0 bridgehead atoms. The van der Waals surface area contributed by atoms with Gasteiger partial charge in [0.05, 0.1) is 0 Å². The Labute approximate surface area is 257 Å². The third-order valence-electron chi connectivity index (χ3n) is 8.12. The highest BCUT2D eigenvalue weighted by atomic mass is 32.3. The van der Waals surface area contributed by atoms with Gasteiger partial charge in [-0.05, 0) is 12.8 Å². The van der Waals surface area contributed by atoms with Crippen molar-refractivity contribution in [3.63, 3.8) is 0 Å². The van der Waals surface area contributed by atoms with E-state index in [1.165, 1.54) is 180 Å². The van der Waals surface area contributed by atoms with Crippen molar-refractivity contribution in [3.05, 3.63) is 0 Å². The van der Waals surface area contributed by atoms with E-state index in [0.717, 1.165) is 25.7 Å². The fourth-order valence-electron chi connectivity index (χ4n) is 5.51. The minimum absolute atomic E-state index is 0.527. The molecular weight excluding hydrogens is 532 g/mol. The van der Waals surface area contributed by atoms with E-state index in [1.807, 2.05) is 0 Å². The molecule has 0 atom stereocenters. The lowest BCUT2D eigenvalue weighted by Gasteiger charge is -2.04. The number of carbonyl (C=O) groups is 1. The van der Waals surface area contributed by atoms with E-state index < -0.39 is 10.4 Å². The lowest BCUT2D eigenvalue weighted by Crippen LogP contribution is -1.97. The molecule has 0 aromatic heterocycles. The molecule has 0 aromatic rings. The number of unbranched alkanes of at least 4 members (excludes halogenated alkanes) is 28. The predicted molar refractivity (Wildman–Crippen MR) is 178 cm³/mol. The smallest absolute Gasteiger partial charge is 0.300 e. The molecular formula is C35H72O5S. The molecule has 2 N–H and O–H groups in total. The van der Waals surface area contributed by atoms with Gasteiger partial charge in [0.1, 0.15) is 5.78 Å². The average Bonchev–Trinajstić information content (AvgIpc) is 2.92. The SMILES string of the molecule is CCCCCCCCCCCCCCCCCC(=O)CCCCCCCCCCCCCCCCC.O=S(=O)(O)O. The summed E-state index contributed by atoms with van der Waals surface area (Å²) in [6, 6.07) is 0. The van der Waals surface area contributed by atoms with E-state index in [9.17, 15) is 4.79 Å². The molecule has 0 aromatic carbocycles. The Morgan fingerprint density at radius 3 is 0.683 bits per heavy atom. The van der Waals surface area contributed by atoms with Crippen molar-refractivity contribution in [1.82, 2.24) is 0 Å². The summed E-state index contributed by atoms with van der Waals surface area (Å²) in [4.78, 5) is 12.1. The van der Waals surface area contributed by atoms with Gasteiger partial charge >= 0.3 is 10.4 Å². The predicted octanol–water partition coefficient (Wildman–Crippen LogP) is 12.4. The highest BCUT2D eigenvalue weighted by Gasteiger charge is 2.02. The molecule has 5 nitrogen and oxygen atoms in total. The summed E-state index contributed by atoms with van der Waals surface area (Å²) in [6.45, 7) is 4.59. The summed E-state index contributed by atoms with van der Waals surface area (Å²) < 4.78 is 31.6. The van der Waals surface area contributed by atoms with Crippen LogP contribution >= 0.6 is 0 Å². The summed E-state index contributed by atoms with van der Waals surface area (Å²) in [6.07, 6.45) is 43.4. The van der Waals surface area contributed by atoms with Crippen LogP contribution in [0.15, 0.2) is 0 Å². The number of Topliss-reactive ketones (excluding diaryl/α,β-unsaturated/α-hetero) is 1. The Bertz CT molecular complexity index is 562. The Kier molecular flexibility index (Phi) is 37.2. The molecule has 6 heteroatoms. The maximum absolute atomic E-state index is 12.1. The molecule has 248 valence electrons. The van der Waals surface area contributed by atoms with Gasteiger partial charge in [0.15, 0.2) is 0 Å². The minimum atomic E-state index is -4.67. The second-order valence-electron chi connectivity index (χ2n) is 12.4. The summed E-state index contributed by atoms with van der Waals surface area (Å²) in [5.41, 5.74) is 0. The first-order valence-electron chi connectivity index (χ1n) is 18.0. The third kappa shape index (κ3) is 49.5. The van der Waals surface area contributed by atoms with Crippen LogP contribution in [0.2, 0.25) is 0 Å². The van der Waals surface area contributed by atoms with E-state index in [2.05, 4.69) is 13.8 Å². The maximum Gasteiger partial charge on any atom is 0.394 e. The standard InChI is InChI=1S/C35H70O.H2O4S/c1-3-5-7-9-11-13-15-17-19-21-23-25-27-29-31-33-35(36)34-32-30-28-26-24-22-20-18-16-14-12-10-8-6-4-2;1-5(2,3)4/h3-34H2,1-2H3;(H2,1,2,3,4). The quantitative estimate of drug-likeness (QED) is 0.0588. The topological polar surface area (TPSA) is 91.7 Å². The van der Waals surface area contributed by atoms with E-state index in [1.54, 1.807) is 0 Å². The molecule has 0 aliphatic heterocycles. The molecule has 0 fully saturated rings. The first kappa shape index (κ1) is 42.7. The number of carbonyl (C=O) groups excluding carboxylic acids is 1. The second kappa shape index (κ2) is 35.7. The highest BCUT2D eigenvalue weighted by molar-refractivity contribution is 7.79. The lowest BCUT2D eigenvalue weighted by atomic mass is 10.0. The van der Waals surface area contributed by atoms with Crippen molar-refractivity contribution in [2.45, 2.75) is 219 Å². The zero-order valence-corrected chi connectivity index (χ0v) is 28.5. The van der Waals surface area contributed by atoms with E-state index in [4.69, 9.17) is 17.5 Å². The third-order valence-corrected chi connectivity index (χ3v) is 8.12. The molecule has 0 aliphatic carbocycles. The van der Waals surface area contributed by atoms with Crippen LogP contribution in [-0.4, -0.2) is 23.3 Å². The molecule has 0 heterocycles. The molecule has 41 heavy (non-hydrogen) atoms. The lowest BCUT2D eigenvalue weighted by molar-refractivity contribution is -0.119. The van der Waals surface area contributed by atoms with Gasteiger partial charge in [0, 0.05) is 12.8 Å². The monoisotopic (exact) mass is 605 g/mol. The van der Waals surface area contributed by atoms with E-state index in [0.29, 0.717) is 5.78 Å². The Balaban J connectivity index is 0. The van der Waals surface area contributed by atoms with Gasteiger partial charge in [-0.2, -0.15) is 8.42 Å². The minimum Gasteiger partial charge on any atom is -0.300 e. The van der Waals surface area contributed by atoms with E-state index in [-0.39, 0.29) is 0 Å². The first-order valence-corrected chi connectivity index (χ1v) is 19.4. The van der Waals surface area contributed by atoms with Crippen LogP contribution in [0.5, 0.6) is 0 Å². The van der Waals surface area contributed by atoms with Gasteiger partial charge in [0.2, 0.25) is 0 Å². The largest absolute Gasteiger partial charge is 0.394 e. The van der Waals surface area contributed by atoms with Gasteiger partial charge in [-0.15, -0.1) is 0 Å². The van der Waals surface area contributed by atoms with Gasteiger partial charge in [-0.25, -0.2) is 0 Å². The molecule has 0 amide bonds. The van der Waals surface area contributed by atoms with Crippen LogP contribution in [0.1, 0.15) is 219 Å². The Morgan fingerprint density at radius 1 is 0.366 bits per heavy atom. The summed E-state index contributed by atoms with van der Waals surface area (Å²) in [5, 5.41) is 0. The van der Waals surface area contributed by atoms with Crippen LogP contribution in [0.4, 0.5) is 0 Å². The van der Waals surface area contributed by atoms with Gasteiger partial charge in [-0.1, -0.05) is 194 Å². The van der Waals surface area contributed by atoms with Crippen molar-refractivity contribution in [2.75, 3.05) is 0 Å². The fraction of sp³-hybridized carbons (Fsp3) is 0.971. The van der Waals surface area contributed by atoms with Crippen LogP contribution in [0.25, 0.3) is 0 Å². The van der Waals surface area contributed by atoms with Crippen molar-refractivity contribution in [3.8, 4) is 0 Å². The Morgan fingerprint density at radius 2 is 0.512 bits per heavy atom. The van der Waals surface area contributed by atoms with Gasteiger partial charge in [-0.3, -0.25) is 13.9 Å². The number of ketones is 1. The molecule has 0 aliphatic rings. The second-order valence-corrected chi connectivity index (χ2v) is 13.3. The number of hydrogen-bond acceptors (Lipinski definition) is 3. The fourth-order valence-corrected chi connectivity index (χ4v) is 5.51. The zero-order chi connectivity index (χ0) is 30.7.